The Morgan fingerprint density at radius 1 is 1.83 bits per heavy atom. The van der Waals surface area contributed by atoms with Gasteiger partial charge in [0.05, 0.1) is 18.1 Å². The maximum Gasteiger partial charge on any atom is 0.146 e. The molecule has 1 atom stereocenters. The molecule has 2 N–H and O–H groups in total. The molecule has 1 aromatic rings. The molecular weight excluding hydrogens is 154 g/mol. The summed E-state index contributed by atoms with van der Waals surface area (Å²) in [5.74, 6) is 0.000605. The maximum absolute atomic E-state index is 10.8. The molecule has 0 saturated heterocycles. The minimum absolute atomic E-state index is 0.000605. The molecule has 1 heterocycles. The van der Waals surface area contributed by atoms with Gasteiger partial charge in [0.15, 0.2) is 0 Å². The van der Waals surface area contributed by atoms with Gasteiger partial charge in [0.1, 0.15) is 5.78 Å². The lowest BCUT2D eigenvalue weighted by atomic mass is 10.1. The van der Waals surface area contributed by atoms with Crippen molar-refractivity contribution in [3.8, 4) is 0 Å². The molecule has 0 spiro atoms. The van der Waals surface area contributed by atoms with Crippen LogP contribution in [0.5, 0.6) is 0 Å². The summed E-state index contributed by atoms with van der Waals surface area (Å²) in [4.78, 5) is 14.9. The van der Waals surface area contributed by atoms with Gasteiger partial charge in [0.2, 0.25) is 0 Å². The van der Waals surface area contributed by atoms with E-state index in [0.29, 0.717) is 6.42 Å². The smallest absolute Gasteiger partial charge is 0.146 e. The van der Waals surface area contributed by atoms with Gasteiger partial charge in [-0.3, -0.25) is 4.79 Å². The first-order chi connectivity index (χ1) is 5.59. The van der Waals surface area contributed by atoms with E-state index in [1.165, 1.54) is 6.92 Å². The molecule has 0 aliphatic carbocycles. The van der Waals surface area contributed by atoms with Crippen LogP contribution < -0.4 is 5.73 Å². The van der Waals surface area contributed by atoms with E-state index in [-0.39, 0.29) is 5.78 Å². The Labute approximate surface area is 71.4 Å². The molecule has 66 valence electrons. The highest BCUT2D eigenvalue weighted by Gasteiger charge is 2.09. The summed E-state index contributed by atoms with van der Waals surface area (Å²) in [6.07, 6.45) is 4.08. The van der Waals surface area contributed by atoms with Crippen molar-refractivity contribution in [3.63, 3.8) is 0 Å². The summed E-state index contributed by atoms with van der Waals surface area (Å²) < 4.78 is 1.84. The number of carbonyl (C=O) groups is 1. The van der Waals surface area contributed by atoms with Crippen molar-refractivity contribution in [1.82, 2.24) is 9.55 Å². The van der Waals surface area contributed by atoms with Crippen LogP contribution in [-0.4, -0.2) is 21.4 Å². The fourth-order valence-electron chi connectivity index (χ4n) is 0.941. The molecule has 0 saturated carbocycles. The largest absolute Gasteiger partial charge is 0.340 e. The number of rotatable bonds is 3. The number of aromatic nitrogens is 2. The topological polar surface area (TPSA) is 60.9 Å². The Hall–Kier alpha value is -1.16. The third-order valence-corrected chi connectivity index (χ3v) is 1.71. The highest BCUT2D eigenvalue weighted by Crippen LogP contribution is 1.98. The van der Waals surface area contributed by atoms with Crippen LogP contribution in [0.2, 0.25) is 0 Å². The van der Waals surface area contributed by atoms with Gasteiger partial charge in [0.25, 0.3) is 0 Å². The van der Waals surface area contributed by atoms with Crippen molar-refractivity contribution in [2.75, 3.05) is 0 Å². The number of Topliss-reactive ketones (excluding diaryl/α,β-unsaturated/α-hetero) is 1. The van der Waals surface area contributed by atoms with E-state index in [1.807, 2.05) is 17.8 Å². The summed E-state index contributed by atoms with van der Waals surface area (Å²) in [6, 6.07) is -0.417. The number of hydrogen-bond acceptors (Lipinski definition) is 3. The highest BCUT2D eigenvalue weighted by atomic mass is 16.1. The number of nitrogens with two attached hydrogens (primary N) is 1. The minimum atomic E-state index is -0.417. The van der Waals surface area contributed by atoms with Crippen molar-refractivity contribution in [2.45, 2.75) is 19.4 Å². The number of nitrogens with zero attached hydrogens (tertiary/aromatic N) is 2. The van der Waals surface area contributed by atoms with E-state index in [2.05, 4.69) is 4.98 Å². The highest BCUT2D eigenvalue weighted by molar-refractivity contribution is 5.81. The van der Waals surface area contributed by atoms with Crippen LogP contribution in [0.1, 0.15) is 12.6 Å². The summed E-state index contributed by atoms with van der Waals surface area (Å²) in [5, 5.41) is 0. The molecule has 0 aliphatic rings. The van der Waals surface area contributed by atoms with E-state index in [0.717, 1.165) is 5.69 Å². The van der Waals surface area contributed by atoms with Crippen LogP contribution >= 0.6 is 0 Å². The van der Waals surface area contributed by atoms with Gasteiger partial charge in [-0.2, -0.15) is 0 Å². The summed E-state index contributed by atoms with van der Waals surface area (Å²) in [5.41, 5.74) is 6.42. The Balaban J connectivity index is 2.58. The Kier molecular flexibility index (Phi) is 2.60. The normalized spacial score (nSPS) is 12.9. The average molecular weight is 167 g/mol. The first-order valence-electron chi connectivity index (χ1n) is 3.82. The first kappa shape index (κ1) is 8.93. The van der Waals surface area contributed by atoms with Gasteiger partial charge < -0.3 is 10.3 Å². The first-order valence-corrected chi connectivity index (χ1v) is 3.82. The van der Waals surface area contributed by atoms with Crippen molar-refractivity contribution in [3.05, 3.63) is 18.2 Å². The molecule has 0 unspecified atom stereocenters. The Bertz CT molecular complexity index is 280. The number of ketones is 1. The van der Waals surface area contributed by atoms with Crippen LogP contribution in [0.25, 0.3) is 0 Å². The van der Waals surface area contributed by atoms with E-state index in [4.69, 9.17) is 5.73 Å². The number of carbonyl (C=O) groups excluding carboxylic acids is 1. The molecule has 0 bridgehead atoms. The summed E-state index contributed by atoms with van der Waals surface area (Å²) in [7, 11) is 1.88. The van der Waals surface area contributed by atoms with Gasteiger partial charge in [-0.15, -0.1) is 0 Å². The molecule has 0 radical (unpaired) electrons. The summed E-state index contributed by atoms with van der Waals surface area (Å²) >= 11 is 0. The second-order valence-electron chi connectivity index (χ2n) is 2.95. The fourth-order valence-corrected chi connectivity index (χ4v) is 0.941. The lowest BCUT2D eigenvalue weighted by Crippen LogP contribution is -2.30. The van der Waals surface area contributed by atoms with Crippen LogP contribution in [0, 0.1) is 0 Å². The predicted molar refractivity (Wildman–Crippen MR) is 45.6 cm³/mol. The van der Waals surface area contributed by atoms with Crippen LogP contribution in [0.15, 0.2) is 12.5 Å². The molecule has 4 heteroatoms. The fraction of sp³-hybridized carbons (Fsp3) is 0.500. The molecule has 12 heavy (non-hydrogen) atoms. The molecule has 1 rings (SSSR count). The van der Waals surface area contributed by atoms with Crippen LogP contribution in [-0.2, 0) is 18.3 Å². The molecule has 0 amide bonds. The maximum atomic E-state index is 10.8. The van der Waals surface area contributed by atoms with Gasteiger partial charge >= 0.3 is 0 Å². The zero-order chi connectivity index (χ0) is 9.14. The summed E-state index contributed by atoms with van der Waals surface area (Å²) in [6.45, 7) is 1.49. The van der Waals surface area contributed by atoms with E-state index in [1.54, 1.807) is 6.33 Å². The zero-order valence-corrected chi connectivity index (χ0v) is 7.32. The second kappa shape index (κ2) is 3.49. The minimum Gasteiger partial charge on any atom is -0.340 e. The van der Waals surface area contributed by atoms with Crippen LogP contribution in [0.3, 0.4) is 0 Å². The standard InChI is InChI=1S/C8H13N3O/c1-6(12)8(9)3-7-4-11(2)5-10-7/h4-5,8H,3,9H2,1-2H3/t8-/m0/s1. The number of hydrogen-bond donors (Lipinski definition) is 1. The average Bonchev–Trinajstić information content (AvgIpc) is 2.35. The molecular formula is C8H13N3O. The number of imidazole rings is 1. The number of aryl methyl sites for hydroxylation is 1. The quantitative estimate of drug-likeness (QED) is 0.682. The predicted octanol–water partition coefficient (Wildman–Crippen LogP) is -0.121. The molecule has 1 aromatic heterocycles. The van der Waals surface area contributed by atoms with E-state index in [9.17, 15) is 4.79 Å². The van der Waals surface area contributed by atoms with Gasteiger partial charge in [-0.1, -0.05) is 0 Å². The lowest BCUT2D eigenvalue weighted by molar-refractivity contribution is -0.118. The van der Waals surface area contributed by atoms with Gasteiger partial charge in [-0.25, -0.2) is 4.98 Å². The lowest BCUT2D eigenvalue weighted by Gasteiger charge is -2.03. The molecule has 0 fully saturated rings. The molecule has 0 aliphatic heterocycles. The third-order valence-electron chi connectivity index (χ3n) is 1.71. The molecule has 0 aromatic carbocycles. The monoisotopic (exact) mass is 167 g/mol. The van der Waals surface area contributed by atoms with Crippen molar-refractivity contribution >= 4 is 5.78 Å². The van der Waals surface area contributed by atoms with Crippen molar-refractivity contribution < 1.29 is 4.79 Å². The zero-order valence-electron chi connectivity index (χ0n) is 7.32. The SMILES string of the molecule is CC(=O)[C@@H](N)Cc1cn(C)cn1. The van der Waals surface area contributed by atoms with E-state index >= 15 is 0 Å². The third kappa shape index (κ3) is 2.17. The molecule has 4 nitrogen and oxygen atoms in total. The van der Waals surface area contributed by atoms with Crippen molar-refractivity contribution in [1.29, 1.82) is 0 Å². The Morgan fingerprint density at radius 2 is 2.50 bits per heavy atom. The second-order valence-corrected chi connectivity index (χ2v) is 2.95. The van der Waals surface area contributed by atoms with E-state index < -0.39 is 6.04 Å². The van der Waals surface area contributed by atoms with Gasteiger partial charge in [-0.05, 0) is 6.92 Å². The Morgan fingerprint density at radius 3 is 2.92 bits per heavy atom. The van der Waals surface area contributed by atoms with Crippen LogP contribution in [0.4, 0.5) is 0 Å². The van der Waals surface area contributed by atoms with Crippen molar-refractivity contribution in [2.24, 2.45) is 12.8 Å². The van der Waals surface area contributed by atoms with Gasteiger partial charge in [0, 0.05) is 19.7 Å².